The van der Waals surface area contributed by atoms with E-state index < -0.39 is 0 Å². The van der Waals surface area contributed by atoms with Gasteiger partial charge < -0.3 is 9.84 Å². The summed E-state index contributed by atoms with van der Waals surface area (Å²) in [4.78, 5) is 0. The third-order valence-corrected chi connectivity index (χ3v) is 4.11. The number of hydrogen-bond acceptors (Lipinski definition) is 2. The lowest BCUT2D eigenvalue weighted by Crippen LogP contribution is -2.21. The van der Waals surface area contributed by atoms with Gasteiger partial charge in [-0.15, -0.1) is 0 Å². The summed E-state index contributed by atoms with van der Waals surface area (Å²) < 4.78 is 5.98. The first-order chi connectivity index (χ1) is 10.3. The van der Waals surface area contributed by atoms with Crippen molar-refractivity contribution in [1.29, 1.82) is 0 Å². The zero-order valence-electron chi connectivity index (χ0n) is 13.2. The maximum atomic E-state index is 9.47. The monoisotopic (exact) mass is 288 g/mol. The summed E-state index contributed by atoms with van der Waals surface area (Å²) in [5, 5.41) is 9.47. The van der Waals surface area contributed by atoms with Gasteiger partial charge in [-0.3, -0.25) is 0 Å². The Hall–Kier alpha value is -1.44. The molecule has 1 atom stereocenters. The molecular weight excluding hydrogens is 260 g/mol. The first-order valence-electron chi connectivity index (χ1n) is 8.43. The Morgan fingerprint density at radius 2 is 2.05 bits per heavy atom. The third-order valence-electron chi connectivity index (χ3n) is 4.11. The van der Waals surface area contributed by atoms with Crippen LogP contribution in [0.5, 0.6) is 11.5 Å². The molecule has 0 radical (unpaired) electrons. The standard InChI is InChI=1S/C19H28O2/c1-2-3-4-5-6-7-8-9-10-18-13-11-16-15-17(20)12-14-19(16)21-18/h8-9,12,14-15,18,20H,2-7,10-11,13H2,1H3/b9-8+/t18-/m1/s1. The molecule has 0 amide bonds. The summed E-state index contributed by atoms with van der Waals surface area (Å²) >= 11 is 0. The van der Waals surface area contributed by atoms with E-state index in [2.05, 4.69) is 19.1 Å². The molecule has 1 aliphatic rings. The molecule has 0 fully saturated rings. The number of rotatable bonds is 8. The maximum Gasteiger partial charge on any atom is 0.123 e. The summed E-state index contributed by atoms with van der Waals surface area (Å²) in [6.45, 7) is 2.25. The molecule has 2 nitrogen and oxygen atoms in total. The van der Waals surface area contributed by atoms with Gasteiger partial charge in [-0.05, 0) is 49.4 Å². The summed E-state index contributed by atoms with van der Waals surface area (Å²) in [5.74, 6) is 1.27. The second kappa shape index (κ2) is 8.76. The zero-order valence-corrected chi connectivity index (χ0v) is 13.2. The highest BCUT2D eigenvalue weighted by atomic mass is 16.5. The highest BCUT2D eigenvalue weighted by molar-refractivity contribution is 5.41. The molecular formula is C19H28O2. The number of phenolic OH excluding ortho intramolecular Hbond substituents is 1. The molecule has 0 saturated carbocycles. The van der Waals surface area contributed by atoms with Crippen LogP contribution in [0, 0.1) is 0 Å². The number of ether oxygens (including phenoxy) is 1. The van der Waals surface area contributed by atoms with Gasteiger partial charge in [-0.2, -0.15) is 0 Å². The van der Waals surface area contributed by atoms with Gasteiger partial charge in [0.15, 0.2) is 0 Å². The first kappa shape index (κ1) is 15.9. The van der Waals surface area contributed by atoms with Crippen molar-refractivity contribution in [3.8, 4) is 11.5 Å². The van der Waals surface area contributed by atoms with Crippen molar-refractivity contribution in [3.05, 3.63) is 35.9 Å². The molecule has 1 aliphatic heterocycles. The number of aryl methyl sites for hydroxylation is 1. The minimum absolute atomic E-state index is 0.290. The van der Waals surface area contributed by atoms with E-state index in [-0.39, 0.29) is 0 Å². The quantitative estimate of drug-likeness (QED) is 0.513. The lowest BCUT2D eigenvalue weighted by atomic mass is 10.00. The number of unbranched alkanes of at least 4 members (excludes halogenated alkanes) is 5. The molecule has 0 unspecified atom stereocenters. The van der Waals surface area contributed by atoms with E-state index in [1.165, 1.54) is 38.5 Å². The molecule has 0 aromatic heterocycles. The second-order valence-electron chi connectivity index (χ2n) is 5.98. The van der Waals surface area contributed by atoms with Gasteiger partial charge in [0.05, 0.1) is 0 Å². The number of benzene rings is 1. The van der Waals surface area contributed by atoms with Gasteiger partial charge in [0.1, 0.15) is 17.6 Å². The highest BCUT2D eigenvalue weighted by Crippen LogP contribution is 2.31. The summed E-state index contributed by atoms with van der Waals surface area (Å²) in [7, 11) is 0. The predicted molar refractivity (Wildman–Crippen MR) is 88.0 cm³/mol. The van der Waals surface area contributed by atoms with E-state index in [0.717, 1.165) is 30.6 Å². The number of hydrogen-bond donors (Lipinski definition) is 1. The van der Waals surface area contributed by atoms with Crippen LogP contribution < -0.4 is 4.74 Å². The Bertz CT molecular complexity index is 451. The molecule has 0 saturated heterocycles. The van der Waals surface area contributed by atoms with E-state index in [0.29, 0.717) is 11.9 Å². The third kappa shape index (κ3) is 5.45. The summed E-state index contributed by atoms with van der Waals surface area (Å²) in [6, 6.07) is 5.40. The lowest BCUT2D eigenvalue weighted by Gasteiger charge is -2.25. The number of aromatic hydroxyl groups is 1. The van der Waals surface area contributed by atoms with Crippen LogP contribution in [0.3, 0.4) is 0 Å². The van der Waals surface area contributed by atoms with Crippen molar-refractivity contribution in [1.82, 2.24) is 0 Å². The first-order valence-corrected chi connectivity index (χ1v) is 8.43. The van der Waals surface area contributed by atoms with Crippen molar-refractivity contribution in [2.75, 3.05) is 0 Å². The molecule has 1 heterocycles. The molecule has 0 spiro atoms. The van der Waals surface area contributed by atoms with E-state index in [9.17, 15) is 5.11 Å². The minimum atomic E-state index is 0.290. The van der Waals surface area contributed by atoms with Gasteiger partial charge in [-0.1, -0.05) is 44.8 Å². The largest absolute Gasteiger partial charge is 0.508 e. The molecule has 21 heavy (non-hydrogen) atoms. The van der Waals surface area contributed by atoms with Crippen molar-refractivity contribution in [2.24, 2.45) is 0 Å². The lowest BCUT2D eigenvalue weighted by molar-refractivity contribution is 0.176. The predicted octanol–water partition coefficient (Wildman–Crippen LogP) is 5.39. The Balaban J connectivity index is 1.65. The van der Waals surface area contributed by atoms with Crippen LogP contribution in [0.2, 0.25) is 0 Å². The summed E-state index contributed by atoms with van der Waals surface area (Å²) in [6.07, 6.45) is 15.8. The normalized spacial score (nSPS) is 17.7. The maximum absolute atomic E-state index is 9.47. The molecule has 2 heteroatoms. The Kier molecular flexibility index (Phi) is 6.65. The smallest absolute Gasteiger partial charge is 0.123 e. The molecule has 1 aromatic rings. The number of fused-ring (bicyclic) bond motifs is 1. The van der Waals surface area contributed by atoms with Gasteiger partial charge >= 0.3 is 0 Å². The fraction of sp³-hybridized carbons (Fsp3) is 0.579. The van der Waals surface area contributed by atoms with Crippen LogP contribution in [0.4, 0.5) is 0 Å². The van der Waals surface area contributed by atoms with Crippen LogP contribution >= 0.6 is 0 Å². The fourth-order valence-electron chi connectivity index (χ4n) is 2.83. The fourth-order valence-corrected chi connectivity index (χ4v) is 2.83. The van der Waals surface area contributed by atoms with Crippen molar-refractivity contribution < 1.29 is 9.84 Å². The Morgan fingerprint density at radius 3 is 2.90 bits per heavy atom. The molecule has 1 aromatic carbocycles. The summed E-state index contributed by atoms with van der Waals surface area (Å²) in [5.41, 5.74) is 1.13. The Labute approximate surface area is 128 Å². The Morgan fingerprint density at radius 1 is 1.19 bits per heavy atom. The molecule has 0 aliphatic carbocycles. The van der Waals surface area contributed by atoms with Crippen LogP contribution in [-0.4, -0.2) is 11.2 Å². The van der Waals surface area contributed by atoms with Crippen molar-refractivity contribution in [3.63, 3.8) is 0 Å². The second-order valence-corrected chi connectivity index (χ2v) is 5.98. The van der Waals surface area contributed by atoms with Crippen LogP contribution in [-0.2, 0) is 6.42 Å². The van der Waals surface area contributed by atoms with Gasteiger partial charge in [0.2, 0.25) is 0 Å². The molecule has 2 rings (SSSR count). The van der Waals surface area contributed by atoms with E-state index in [4.69, 9.17) is 4.74 Å². The number of allylic oxidation sites excluding steroid dienone is 1. The SMILES string of the molecule is CCCCCCC/C=C/C[C@@H]1CCc2cc(O)ccc2O1. The molecule has 116 valence electrons. The van der Waals surface area contributed by atoms with E-state index in [1.54, 1.807) is 6.07 Å². The van der Waals surface area contributed by atoms with Crippen LogP contribution in [0.1, 0.15) is 63.9 Å². The van der Waals surface area contributed by atoms with Crippen LogP contribution in [0.25, 0.3) is 0 Å². The van der Waals surface area contributed by atoms with Gasteiger partial charge in [0.25, 0.3) is 0 Å². The molecule has 1 N–H and O–H groups in total. The van der Waals surface area contributed by atoms with Crippen molar-refractivity contribution in [2.45, 2.75) is 70.8 Å². The average Bonchev–Trinajstić information content (AvgIpc) is 2.50. The van der Waals surface area contributed by atoms with E-state index in [1.807, 2.05) is 12.1 Å². The van der Waals surface area contributed by atoms with E-state index >= 15 is 0 Å². The number of phenols is 1. The highest BCUT2D eigenvalue weighted by Gasteiger charge is 2.18. The van der Waals surface area contributed by atoms with Gasteiger partial charge in [0, 0.05) is 6.42 Å². The van der Waals surface area contributed by atoms with Crippen molar-refractivity contribution >= 4 is 0 Å². The zero-order chi connectivity index (χ0) is 14.9. The van der Waals surface area contributed by atoms with Crippen LogP contribution in [0.15, 0.2) is 30.4 Å². The van der Waals surface area contributed by atoms with Gasteiger partial charge in [-0.25, -0.2) is 0 Å². The topological polar surface area (TPSA) is 29.5 Å². The average molecular weight is 288 g/mol. The minimum Gasteiger partial charge on any atom is -0.508 e. The molecule has 0 bridgehead atoms.